The van der Waals surface area contributed by atoms with E-state index in [1.807, 2.05) is 6.92 Å². The zero-order chi connectivity index (χ0) is 15.3. The minimum absolute atomic E-state index is 0.0977. The van der Waals surface area contributed by atoms with Crippen LogP contribution in [0, 0.1) is 5.92 Å². The molecule has 0 aromatic rings. The lowest BCUT2D eigenvalue weighted by molar-refractivity contribution is -0.140. The summed E-state index contributed by atoms with van der Waals surface area (Å²) < 4.78 is 24.9. The minimum Gasteiger partial charge on any atom is -0.480 e. The molecular formula is C13H23NO5S. The average molecular weight is 305 g/mol. The molecular weight excluding hydrogens is 282 g/mol. The lowest BCUT2D eigenvalue weighted by atomic mass is 9.87. The molecule has 3 atom stereocenters. The lowest BCUT2D eigenvalue weighted by Gasteiger charge is -2.31. The van der Waals surface area contributed by atoms with E-state index in [0.29, 0.717) is 6.42 Å². The van der Waals surface area contributed by atoms with E-state index in [-0.39, 0.29) is 5.92 Å². The van der Waals surface area contributed by atoms with E-state index in [2.05, 4.69) is 5.32 Å². The van der Waals surface area contributed by atoms with Gasteiger partial charge in [0.05, 0.1) is 11.0 Å². The van der Waals surface area contributed by atoms with E-state index < -0.39 is 38.8 Å². The van der Waals surface area contributed by atoms with Gasteiger partial charge < -0.3 is 10.4 Å². The highest BCUT2D eigenvalue weighted by Crippen LogP contribution is 2.32. The maximum Gasteiger partial charge on any atom is 0.327 e. The van der Waals surface area contributed by atoms with Crippen LogP contribution in [0.15, 0.2) is 0 Å². The van der Waals surface area contributed by atoms with Crippen LogP contribution in [-0.2, 0) is 19.4 Å². The normalized spacial score (nSPS) is 24.9. The van der Waals surface area contributed by atoms with Gasteiger partial charge in [0, 0.05) is 6.92 Å². The number of aliphatic carboxylic acids is 1. The van der Waals surface area contributed by atoms with Crippen LogP contribution in [0.2, 0.25) is 0 Å². The molecule has 6 nitrogen and oxygen atoms in total. The topological polar surface area (TPSA) is 101 Å². The summed E-state index contributed by atoms with van der Waals surface area (Å²) in [6.07, 6.45) is 4.13. The van der Waals surface area contributed by atoms with Gasteiger partial charge in [-0.1, -0.05) is 26.2 Å². The Labute approximate surface area is 119 Å². The summed E-state index contributed by atoms with van der Waals surface area (Å²) in [5, 5.41) is 10.7. The van der Waals surface area contributed by atoms with Crippen LogP contribution in [0.25, 0.3) is 0 Å². The number of hydrogen-bond acceptors (Lipinski definition) is 4. The Hall–Kier alpha value is -1.11. The van der Waals surface area contributed by atoms with Crippen molar-refractivity contribution in [2.75, 3.05) is 5.75 Å². The number of amides is 1. The lowest BCUT2D eigenvalue weighted by Crippen LogP contribution is -2.47. The van der Waals surface area contributed by atoms with Crippen molar-refractivity contribution < 1.29 is 23.1 Å². The summed E-state index contributed by atoms with van der Waals surface area (Å²) in [5.41, 5.74) is 0. The number of carboxylic acids is 1. The van der Waals surface area contributed by atoms with E-state index in [0.717, 1.165) is 25.7 Å². The monoisotopic (exact) mass is 305 g/mol. The van der Waals surface area contributed by atoms with Crippen molar-refractivity contribution in [2.45, 2.75) is 57.2 Å². The summed E-state index contributed by atoms with van der Waals surface area (Å²) in [7, 11) is -3.53. The van der Waals surface area contributed by atoms with E-state index >= 15 is 0 Å². The number of carboxylic acid groups (broad SMARTS) is 1. The molecule has 0 saturated heterocycles. The zero-order valence-corrected chi connectivity index (χ0v) is 12.8. The molecule has 0 aromatic carbocycles. The molecule has 0 bridgehead atoms. The first-order chi connectivity index (χ1) is 9.27. The van der Waals surface area contributed by atoms with Crippen molar-refractivity contribution in [3.05, 3.63) is 0 Å². The summed E-state index contributed by atoms with van der Waals surface area (Å²) in [4.78, 5) is 22.0. The highest BCUT2D eigenvalue weighted by atomic mass is 32.2. The van der Waals surface area contributed by atoms with Crippen LogP contribution in [0.3, 0.4) is 0 Å². The predicted octanol–water partition coefficient (Wildman–Crippen LogP) is 0.959. The molecule has 2 N–H and O–H groups in total. The third kappa shape index (κ3) is 4.47. The van der Waals surface area contributed by atoms with Crippen LogP contribution in [0.5, 0.6) is 0 Å². The van der Waals surface area contributed by atoms with Gasteiger partial charge in [0.2, 0.25) is 5.91 Å². The Morgan fingerprint density at radius 1 is 1.30 bits per heavy atom. The minimum atomic E-state index is -3.53. The molecule has 7 heteroatoms. The molecule has 1 rings (SSSR count). The molecule has 0 aliphatic heterocycles. The first kappa shape index (κ1) is 16.9. The molecule has 2 unspecified atom stereocenters. The fourth-order valence-electron chi connectivity index (χ4n) is 2.89. The standard InChI is InChI=1S/C13H23NO5S/c1-3-10-6-4-5-7-12(10)20(18,19)8-11(13(16)17)14-9(2)15/h10-12H,3-8H2,1-2H3,(H,14,15)(H,16,17)/t10?,11-,12?/m0/s1. The van der Waals surface area contributed by atoms with Crippen LogP contribution < -0.4 is 5.32 Å². The SMILES string of the molecule is CCC1CCCCC1S(=O)(=O)C[C@H](NC(C)=O)C(=O)O. The number of nitrogens with one attached hydrogen (secondary N) is 1. The van der Waals surface area contributed by atoms with Crippen molar-refractivity contribution in [2.24, 2.45) is 5.92 Å². The molecule has 1 amide bonds. The second kappa shape index (κ2) is 7.06. The molecule has 0 radical (unpaired) electrons. The molecule has 1 fully saturated rings. The summed E-state index contributed by atoms with van der Waals surface area (Å²) >= 11 is 0. The molecule has 1 aliphatic rings. The van der Waals surface area contributed by atoms with Crippen LogP contribution in [0.1, 0.15) is 46.0 Å². The first-order valence-corrected chi connectivity index (χ1v) is 8.71. The van der Waals surface area contributed by atoms with Crippen LogP contribution in [-0.4, -0.2) is 42.4 Å². The molecule has 0 aromatic heterocycles. The summed E-state index contributed by atoms with van der Waals surface area (Å²) in [6, 6.07) is -1.36. The Morgan fingerprint density at radius 3 is 2.40 bits per heavy atom. The van der Waals surface area contributed by atoms with Gasteiger partial charge in [0.25, 0.3) is 0 Å². The van der Waals surface area contributed by atoms with Gasteiger partial charge >= 0.3 is 5.97 Å². The quantitative estimate of drug-likeness (QED) is 0.761. The number of carbonyl (C=O) groups is 2. The van der Waals surface area contributed by atoms with E-state index in [1.165, 1.54) is 6.92 Å². The van der Waals surface area contributed by atoms with Gasteiger partial charge in [0.1, 0.15) is 6.04 Å². The first-order valence-electron chi connectivity index (χ1n) is 6.99. The average Bonchev–Trinajstić information content (AvgIpc) is 2.37. The van der Waals surface area contributed by atoms with Crippen molar-refractivity contribution in [3.63, 3.8) is 0 Å². The Kier molecular flexibility index (Phi) is 5.98. The van der Waals surface area contributed by atoms with E-state index in [1.54, 1.807) is 0 Å². The Balaban J connectivity index is 2.85. The van der Waals surface area contributed by atoms with Crippen molar-refractivity contribution in [3.8, 4) is 0 Å². The van der Waals surface area contributed by atoms with Gasteiger partial charge in [-0.15, -0.1) is 0 Å². The van der Waals surface area contributed by atoms with Gasteiger partial charge in [-0.05, 0) is 18.8 Å². The number of hydrogen-bond donors (Lipinski definition) is 2. The fourth-order valence-corrected chi connectivity index (χ4v) is 5.27. The van der Waals surface area contributed by atoms with Crippen LogP contribution >= 0.6 is 0 Å². The number of carbonyl (C=O) groups excluding carboxylic acids is 1. The van der Waals surface area contributed by atoms with Gasteiger partial charge in [-0.3, -0.25) is 4.79 Å². The van der Waals surface area contributed by atoms with Gasteiger partial charge in [-0.2, -0.15) is 0 Å². The largest absolute Gasteiger partial charge is 0.480 e. The predicted molar refractivity (Wildman–Crippen MR) is 75.1 cm³/mol. The number of rotatable bonds is 6. The number of sulfone groups is 1. The van der Waals surface area contributed by atoms with E-state index in [9.17, 15) is 18.0 Å². The molecule has 0 spiro atoms. The van der Waals surface area contributed by atoms with E-state index in [4.69, 9.17) is 5.11 Å². The highest BCUT2D eigenvalue weighted by molar-refractivity contribution is 7.92. The van der Waals surface area contributed by atoms with Gasteiger partial charge in [0.15, 0.2) is 9.84 Å². The smallest absolute Gasteiger partial charge is 0.327 e. The fraction of sp³-hybridized carbons (Fsp3) is 0.846. The summed E-state index contributed by atoms with van der Waals surface area (Å²) in [6.45, 7) is 3.14. The zero-order valence-electron chi connectivity index (χ0n) is 12.0. The highest BCUT2D eigenvalue weighted by Gasteiger charge is 2.37. The summed E-state index contributed by atoms with van der Waals surface area (Å²) in [5.74, 6) is -2.28. The van der Waals surface area contributed by atoms with Crippen LogP contribution in [0.4, 0.5) is 0 Å². The molecule has 1 saturated carbocycles. The second-order valence-corrected chi connectivity index (χ2v) is 7.68. The maximum atomic E-state index is 12.4. The third-order valence-electron chi connectivity index (χ3n) is 3.90. The Bertz CT molecular complexity index is 459. The molecule has 20 heavy (non-hydrogen) atoms. The Morgan fingerprint density at radius 2 is 1.90 bits per heavy atom. The third-order valence-corrected chi connectivity index (χ3v) is 6.24. The van der Waals surface area contributed by atoms with Crippen molar-refractivity contribution in [1.82, 2.24) is 5.32 Å². The van der Waals surface area contributed by atoms with Crippen molar-refractivity contribution in [1.29, 1.82) is 0 Å². The second-order valence-electron chi connectivity index (χ2n) is 5.41. The molecule has 0 heterocycles. The molecule has 116 valence electrons. The van der Waals surface area contributed by atoms with Gasteiger partial charge in [-0.25, -0.2) is 13.2 Å². The maximum absolute atomic E-state index is 12.4. The van der Waals surface area contributed by atoms with Crippen molar-refractivity contribution >= 4 is 21.7 Å². The molecule has 1 aliphatic carbocycles.